The Balaban J connectivity index is 2.15. The first-order valence-electron chi connectivity index (χ1n) is 6.77. The quantitative estimate of drug-likeness (QED) is 0.829. The second-order valence-electron chi connectivity index (χ2n) is 4.91. The lowest BCUT2D eigenvalue weighted by atomic mass is 10.0. The van der Waals surface area contributed by atoms with Crippen LogP contribution in [0.15, 0.2) is 24.3 Å². The van der Waals surface area contributed by atoms with E-state index in [0.717, 1.165) is 30.5 Å². The molecule has 0 fully saturated rings. The van der Waals surface area contributed by atoms with E-state index in [4.69, 9.17) is 0 Å². The van der Waals surface area contributed by atoms with E-state index in [1.165, 1.54) is 0 Å². The molecule has 1 aliphatic heterocycles. The maximum atomic E-state index is 12.2. The monoisotopic (exact) mass is 261 g/mol. The number of carboxylic acids is 1. The zero-order valence-corrected chi connectivity index (χ0v) is 11.1. The Kier molecular flexibility index (Phi) is 4.20. The molecule has 102 valence electrons. The van der Waals surface area contributed by atoms with Crippen molar-refractivity contribution in [1.29, 1.82) is 0 Å². The number of unbranched alkanes of at least 4 members (excludes halogenated alkanes) is 2. The number of anilines is 1. The topological polar surface area (TPSA) is 57.6 Å². The predicted octanol–water partition coefficient (Wildman–Crippen LogP) is 2.78. The number of carbonyl (C=O) groups excluding carboxylic acids is 1. The van der Waals surface area contributed by atoms with E-state index in [1.807, 2.05) is 18.2 Å². The van der Waals surface area contributed by atoms with E-state index < -0.39 is 11.9 Å². The summed E-state index contributed by atoms with van der Waals surface area (Å²) in [7, 11) is 0. The van der Waals surface area contributed by atoms with Gasteiger partial charge in [-0.25, -0.2) is 0 Å². The fourth-order valence-corrected chi connectivity index (χ4v) is 2.52. The molecule has 1 aromatic carbocycles. The van der Waals surface area contributed by atoms with Crippen LogP contribution in [0.25, 0.3) is 0 Å². The van der Waals surface area contributed by atoms with Crippen molar-refractivity contribution in [2.45, 2.75) is 38.5 Å². The molecular formula is C15H19NO3. The third kappa shape index (κ3) is 2.78. The minimum absolute atomic E-state index is 0.0321. The van der Waals surface area contributed by atoms with Crippen molar-refractivity contribution in [1.82, 2.24) is 0 Å². The molecule has 0 saturated heterocycles. The number of rotatable bonds is 5. The van der Waals surface area contributed by atoms with E-state index in [2.05, 4.69) is 6.92 Å². The lowest BCUT2D eigenvalue weighted by molar-refractivity contribution is -0.138. The third-order valence-electron chi connectivity index (χ3n) is 3.56. The van der Waals surface area contributed by atoms with Gasteiger partial charge in [0, 0.05) is 18.7 Å². The normalized spacial score (nSPS) is 17.3. The van der Waals surface area contributed by atoms with Crippen molar-refractivity contribution < 1.29 is 14.7 Å². The molecule has 0 aromatic heterocycles. The highest BCUT2D eigenvalue weighted by atomic mass is 16.4. The number of nitrogens with zero attached hydrogens (tertiary/aromatic N) is 1. The molecule has 19 heavy (non-hydrogen) atoms. The molecule has 0 saturated carbocycles. The second-order valence-corrected chi connectivity index (χ2v) is 4.91. The Bertz CT molecular complexity index is 484. The number of hydrogen-bond acceptors (Lipinski definition) is 2. The summed E-state index contributed by atoms with van der Waals surface area (Å²) >= 11 is 0. The number of fused-ring (bicyclic) bond motifs is 1. The van der Waals surface area contributed by atoms with Crippen molar-refractivity contribution in [2.75, 3.05) is 11.4 Å². The molecule has 0 spiro atoms. The van der Waals surface area contributed by atoms with Crippen LogP contribution in [-0.2, 0) is 9.59 Å². The maximum absolute atomic E-state index is 12.2. The summed E-state index contributed by atoms with van der Waals surface area (Å²) in [6.07, 6.45) is 3.46. The summed E-state index contributed by atoms with van der Waals surface area (Å²) in [5.41, 5.74) is 1.51. The van der Waals surface area contributed by atoms with Crippen LogP contribution >= 0.6 is 0 Å². The minimum atomic E-state index is -0.865. The number of hydrogen-bond donors (Lipinski definition) is 1. The summed E-state index contributed by atoms with van der Waals surface area (Å²) in [5.74, 6) is -1.42. The number of carboxylic acid groups (broad SMARTS) is 1. The summed E-state index contributed by atoms with van der Waals surface area (Å²) in [6.45, 7) is 2.36. The largest absolute Gasteiger partial charge is 0.481 e. The van der Waals surface area contributed by atoms with Gasteiger partial charge in [0.15, 0.2) is 0 Å². The Morgan fingerprint density at radius 3 is 2.74 bits per heavy atom. The van der Waals surface area contributed by atoms with Gasteiger partial charge in [0.2, 0.25) is 5.91 Å². The summed E-state index contributed by atoms with van der Waals surface area (Å²) in [6, 6.07) is 7.29. The molecule has 0 aliphatic carbocycles. The highest BCUT2D eigenvalue weighted by molar-refractivity contribution is 5.98. The van der Waals surface area contributed by atoms with Gasteiger partial charge < -0.3 is 10.0 Å². The van der Waals surface area contributed by atoms with Crippen LogP contribution in [-0.4, -0.2) is 23.5 Å². The van der Waals surface area contributed by atoms with Crippen molar-refractivity contribution in [2.24, 2.45) is 0 Å². The molecule has 0 bridgehead atoms. The molecule has 1 N–H and O–H groups in total. The molecule has 1 aromatic rings. The first kappa shape index (κ1) is 13.6. The zero-order valence-electron chi connectivity index (χ0n) is 11.1. The van der Waals surface area contributed by atoms with Crippen LogP contribution < -0.4 is 4.90 Å². The van der Waals surface area contributed by atoms with Gasteiger partial charge in [-0.3, -0.25) is 9.59 Å². The van der Waals surface area contributed by atoms with Gasteiger partial charge in [-0.1, -0.05) is 38.0 Å². The van der Waals surface area contributed by atoms with Crippen molar-refractivity contribution in [3.05, 3.63) is 29.8 Å². The average molecular weight is 261 g/mol. The first-order valence-corrected chi connectivity index (χ1v) is 6.77. The smallest absolute Gasteiger partial charge is 0.312 e. The molecule has 1 amide bonds. The lowest BCUT2D eigenvalue weighted by Crippen LogP contribution is -2.30. The third-order valence-corrected chi connectivity index (χ3v) is 3.56. The molecule has 4 nitrogen and oxygen atoms in total. The van der Waals surface area contributed by atoms with Gasteiger partial charge in [0.25, 0.3) is 0 Å². The Labute approximate surface area is 113 Å². The van der Waals surface area contributed by atoms with Crippen LogP contribution in [0.5, 0.6) is 0 Å². The highest BCUT2D eigenvalue weighted by Gasteiger charge is 2.35. The van der Waals surface area contributed by atoms with Gasteiger partial charge in [0.05, 0.1) is 0 Å². The van der Waals surface area contributed by atoms with Crippen LogP contribution in [0, 0.1) is 0 Å². The lowest BCUT2D eigenvalue weighted by Gasteiger charge is -2.17. The average Bonchev–Trinajstić information content (AvgIpc) is 2.78. The summed E-state index contributed by atoms with van der Waals surface area (Å²) in [4.78, 5) is 25.1. The summed E-state index contributed by atoms with van der Waals surface area (Å²) in [5, 5.41) is 9.24. The minimum Gasteiger partial charge on any atom is -0.481 e. The van der Waals surface area contributed by atoms with E-state index in [1.54, 1.807) is 11.0 Å². The van der Waals surface area contributed by atoms with Crippen LogP contribution in [0.2, 0.25) is 0 Å². The van der Waals surface area contributed by atoms with E-state index >= 15 is 0 Å². The van der Waals surface area contributed by atoms with Crippen molar-refractivity contribution in [3.8, 4) is 0 Å². The molecule has 1 atom stereocenters. The fourth-order valence-electron chi connectivity index (χ4n) is 2.52. The Hall–Kier alpha value is -1.84. The molecule has 1 unspecified atom stereocenters. The highest BCUT2D eigenvalue weighted by Crippen LogP contribution is 2.36. The van der Waals surface area contributed by atoms with Crippen molar-refractivity contribution in [3.63, 3.8) is 0 Å². The van der Waals surface area contributed by atoms with Gasteiger partial charge in [0.1, 0.15) is 5.92 Å². The molecular weight excluding hydrogens is 242 g/mol. The fraction of sp³-hybridized carbons (Fsp3) is 0.467. The standard InChI is InChI=1S/C15H19NO3/c1-2-3-4-9-14(17)16-10-12(15(18)19)11-7-5-6-8-13(11)16/h5-8,12H,2-4,9-10H2,1H3,(H,18,19). The number of amides is 1. The number of aliphatic carboxylic acids is 1. The molecule has 1 heterocycles. The van der Waals surface area contributed by atoms with Crippen LogP contribution in [0.4, 0.5) is 5.69 Å². The second kappa shape index (κ2) is 5.87. The molecule has 1 aliphatic rings. The molecule has 2 rings (SSSR count). The maximum Gasteiger partial charge on any atom is 0.312 e. The molecule has 4 heteroatoms. The van der Waals surface area contributed by atoms with Gasteiger partial charge >= 0.3 is 5.97 Å². The number of para-hydroxylation sites is 1. The number of benzene rings is 1. The zero-order chi connectivity index (χ0) is 13.8. The Morgan fingerprint density at radius 2 is 2.05 bits per heavy atom. The molecule has 0 radical (unpaired) electrons. The van der Waals surface area contributed by atoms with Gasteiger partial charge in [-0.15, -0.1) is 0 Å². The Morgan fingerprint density at radius 1 is 1.32 bits per heavy atom. The van der Waals surface area contributed by atoms with E-state index in [0.29, 0.717) is 6.42 Å². The first-order chi connectivity index (χ1) is 9.15. The summed E-state index contributed by atoms with van der Waals surface area (Å²) < 4.78 is 0. The predicted molar refractivity (Wildman–Crippen MR) is 73.3 cm³/mol. The van der Waals surface area contributed by atoms with E-state index in [9.17, 15) is 14.7 Å². The van der Waals surface area contributed by atoms with E-state index in [-0.39, 0.29) is 12.5 Å². The van der Waals surface area contributed by atoms with Crippen LogP contribution in [0.1, 0.15) is 44.1 Å². The van der Waals surface area contributed by atoms with Crippen molar-refractivity contribution >= 4 is 17.6 Å². The van der Waals surface area contributed by atoms with Gasteiger partial charge in [-0.05, 0) is 18.1 Å². The number of carbonyl (C=O) groups is 2. The van der Waals surface area contributed by atoms with Crippen LogP contribution in [0.3, 0.4) is 0 Å². The SMILES string of the molecule is CCCCCC(=O)N1CC(C(=O)O)c2ccccc21. The van der Waals surface area contributed by atoms with Gasteiger partial charge in [-0.2, -0.15) is 0 Å².